The predicted molar refractivity (Wildman–Crippen MR) is 44.5 cm³/mol. The minimum atomic E-state index is -2.40. The Labute approximate surface area is 64.3 Å². The Kier molecular flexibility index (Phi) is 4.42. The van der Waals surface area contributed by atoms with E-state index in [-0.39, 0.29) is 0 Å². The molecule has 0 aromatic rings. The predicted octanol–water partition coefficient (Wildman–Crippen LogP) is 0.223. The molecule has 0 heterocycles. The molecule has 1 atom stereocenters. The van der Waals surface area contributed by atoms with Gasteiger partial charge in [0.15, 0.2) is 0 Å². The fourth-order valence-corrected chi connectivity index (χ4v) is 2.37. The van der Waals surface area contributed by atoms with E-state index >= 15 is 0 Å². The summed E-state index contributed by atoms with van der Waals surface area (Å²) in [5.41, 5.74) is 1.57. The maximum atomic E-state index is 5.82. The molecule has 0 saturated carbocycles. The molecule has 0 bridgehead atoms. The van der Waals surface area contributed by atoms with E-state index in [0.717, 1.165) is 0 Å². The maximum Gasteiger partial charge on any atom is 0.459 e. The van der Waals surface area contributed by atoms with E-state index in [0.29, 0.717) is 17.1 Å². The average molecular weight is 183 g/mol. The first-order valence-corrected chi connectivity index (χ1v) is 6.42. The van der Waals surface area contributed by atoms with Crippen LogP contribution in [-0.2, 0) is 8.54 Å². The van der Waals surface area contributed by atoms with Gasteiger partial charge < -0.3 is 8.54 Å². The lowest BCUT2D eigenvalue weighted by Crippen LogP contribution is -2.32. The second kappa shape index (κ2) is 4.24. The van der Waals surface area contributed by atoms with Crippen molar-refractivity contribution in [1.82, 2.24) is 0 Å². The summed E-state index contributed by atoms with van der Waals surface area (Å²) in [6.07, 6.45) is 0. The maximum absolute atomic E-state index is 5.82. The smallest absolute Gasteiger partial charge is 0.431 e. The average Bonchev–Trinajstić information content (AvgIpc) is 1.89. The van der Waals surface area contributed by atoms with Gasteiger partial charge in [-0.05, 0) is 12.6 Å². The molecule has 0 rings (SSSR count). The molecule has 5 heteroatoms. The molecule has 0 N–H and O–H groups in total. The number of rotatable bonds is 4. The van der Waals surface area contributed by atoms with Gasteiger partial charge in [-0.15, -0.1) is 6.58 Å². The zero-order chi connectivity index (χ0) is 7.33. The molecule has 0 spiro atoms. The topological polar surface area (TPSA) is 18.5 Å². The van der Waals surface area contributed by atoms with Crippen LogP contribution in [0.15, 0.2) is 12.3 Å². The standard InChI is InChI=1S/C4H11ClO2Si2/c1-3-6-9(5,4-2)7-8/h4H,2-3H2,1,8H3. The van der Waals surface area contributed by atoms with Crippen molar-refractivity contribution in [3.8, 4) is 0 Å². The van der Waals surface area contributed by atoms with E-state index in [2.05, 4.69) is 6.58 Å². The highest BCUT2D eigenvalue weighted by atomic mass is 35.6. The van der Waals surface area contributed by atoms with Gasteiger partial charge in [-0.3, -0.25) is 0 Å². The molecule has 0 amide bonds. The molecular weight excluding hydrogens is 172 g/mol. The Morgan fingerprint density at radius 3 is 2.56 bits per heavy atom. The first-order chi connectivity index (χ1) is 4.18. The van der Waals surface area contributed by atoms with Crippen LogP contribution in [0.5, 0.6) is 0 Å². The minimum Gasteiger partial charge on any atom is -0.431 e. The third-order valence-corrected chi connectivity index (χ3v) is 6.44. The van der Waals surface area contributed by atoms with Crippen molar-refractivity contribution in [3.05, 3.63) is 12.3 Å². The Morgan fingerprint density at radius 2 is 2.44 bits per heavy atom. The fourth-order valence-electron chi connectivity index (χ4n) is 0.398. The van der Waals surface area contributed by atoms with Gasteiger partial charge >= 0.3 is 7.87 Å². The van der Waals surface area contributed by atoms with Crippen LogP contribution in [0.4, 0.5) is 0 Å². The molecule has 0 aliphatic heterocycles. The zero-order valence-electron chi connectivity index (χ0n) is 5.69. The summed E-state index contributed by atoms with van der Waals surface area (Å²) in [4.78, 5) is 0. The first kappa shape index (κ1) is 9.38. The number of hydrogen-bond acceptors (Lipinski definition) is 2. The Hall–Kier alpha value is 0.384. The first-order valence-electron chi connectivity index (χ1n) is 2.70. The monoisotopic (exact) mass is 182 g/mol. The van der Waals surface area contributed by atoms with E-state index < -0.39 is 7.87 Å². The van der Waals surface area contributed by atoms with Crippen molar-refractivity contribution in [2.24, 2.45) is 0 Å². The molecule has 0 aromatic heterocycles. The lowest BCUT2D eigenvalue weighted by atomic mass is 10.9. The van der Waals surface area contributed by atoms with Crippen molar-refractivity contribution >= 4 is 29.4 Å². The number of hydrogen-bond donors (Lipinski definition) is 0. The van der Waals surface area contributed by atoms with Crippen LogP contribution in [0.25, 0.3) is 0 Å². The minimum absolute atomic E-state index is 0.587. The van der Waals surface area contributed by atoms with Gasteiger partial charge in [0.05, 0.1) is 0 Å². The highest BCUT2D eigenvalue weighted by Crippen LogP contribution is 2.11. The van der Waals surface area contributed by atoms with Crippen LogP contribution in [0.1, 0.15) is 6.92 Å². The van der Waals surface area contributed by atoms with Crippen LogP contribution in [0.2, 0.25) is 0 Å². The van der Waals surface area contributed by atoms with Gasteiger partial charge in [0.25, 0.3) is 0 Å². The normalized spacial score (nSPS) is 17.1. The Morgan fingerprint density at radius 1 is 1.89 bits per heavy atom. The third kappa shape index (κ3) is 3.17. The van der Waals surface area contributed by atoms with Crippen LogP contribution < -0.4 is 0 Å². The lowest BCUT2D eigenvalue weighted by Gasteiger charge is -2.16. The highest BCUT2D eigenvalue weighted by molar-refractivity contribution is 7.16. The second-order valence-electron chi connectivity index (χ2n) is 1.42. The van der Waals surface area contributed by atoms with Gasteiger partial charge in [0.2, 0.25) is 0 Å². The third-order valence-electron chi connectivity index (χ3n) is 0.863. The summed E-state index contributed by atoms with van der Waals surface area (Å²) in [6, 6.07) is 0. The van der Waals surface area contributed by atoms with Gasteiger partial charge in [-0.1, -0.05) is 11.1 Å². The van der Waals surface area contributed by atoms with Crippen molar-refractivity contribution in [1.29, 1.82) is 0 Å². The molecule has 54 valence electrons. The summed E-state index contributed by atoms with van der Waals surface area (Å²) >= 11 is 5.82. The molecule has 9 heavy (non-hydrogen) atoms. The van der Waals surface area contributed by atoms with E-state index in [1.807, 2.05) is 6.92 Å². The van der Waals surface area contributed by atoms with Crippen molar-refractivity contribution in [2.45, 2.75) is 6.92 Å². The van der Waals surface area contributed by atoms with Crippen LogP contribution >= 0.6 is 11.1 Å². The SMILES string of the molecule is C=C[Si](Cl)(O[SiH3])OCC. The van der Waals surface area contributed by atoms with Gasteiger partial charge in [-0.2, -0.15) is 0 Å². The molecule has 0 radical (unpaired) electrons. The molecule has 0 aromatic carbocycles. The van der Waals surface area contributed by atoms with Crippen LogP contribution in [0.3, 0.4) is 0 Å². The van der Waals surface area contributed by atoms with Crippen molar-refractivity contribution in [3.63, 3.8) is 0 Å². The Bertz CT molecular complexity index is 101. The van der Waals surface area contributed by atoms with Gasteiger partial charge in [-0.25, -0.2) is 0 Å². The van der Waals surface area contributed by atoms with E-state index in [1.54, 1.807) is 5.70 Å². The van der Waals surface area contributed by atoms with Crippen LogP contribution in [0, 0.1) is 0 Å². The highest BCUT2D eigenvalue weighted by Gasteiger charge is 2.28. The zero-order valence-corrected chi connectivity index (χ0v) is 9.44. The lowest BCUT2D eigenvalue weighted by molar-refractivity contribution is 0.289. The summed E-state index contributed by atoms with van der Waals surface area (Å²) < 4.78 is 10.2. The molecular formula is C4H11ClO2Si2. The second-order valence-corrected chi connectivity index (χ2v) is 6.50. The summed E-state index contributed by atoms with van der Waals surface area (Å²) in [6.45, 7) is 5.99. The van der Waals surface area contributed by atoms with E-state index in [4.69, 9.17) is 19.6 Å². The van der Waals surface area contributed by atoms with Crippen molar-refractivity contribution in [2.75, 3.05) is 6.61 Å². The fraction of sp³-hybridized carbons (Fsp3) is 0.500. The molecule has 0 aliphatic carbocycles. The summed E-state index contributed by atoms with van der Waals surface area (Å²) in [5.74, 6) is 0. The quantitative estimate of drug-likeness (QED) is 0.458. The van der Waals surface area contributed by atoms with Gasteiger partial charge in [0, 0.05) is 6.61 Å². The largest absolute Gasteiger partial charge is 0.459 e. The summed E-state index contributed by atoms with van der Waals surface area (Å²) in [7, 11) is -1.80. The summed E-state index contributed by atoms with van der Waals surface area (Å²) in [5, 5.41) is 0. The molecule has 0 saturated heterocycles. The van der Waals surface area contributed by atoms with Gasteiger partial charge in [0.1, 0.15) is 10.5 Å². The van der Waals surface area contributed by atoms with E-state index in [1.165, 1.54) is 0 Å². The number of halogens is 1. The molecule has 0 fully saturated rings. The molecule has 0 aliphatic rings. The van der Waals surface area contributed by atoms with Crippen LogP contribution in [-0.4, -0.2) is 25.0 Å². The molecule has 1 unspecified atom stereocenters. The molecule has 2 nitrogen and oxygen atoms in total. The van der Waals surface area contributed by atoms with Crippen molar-refractivity contribution < 1.29 is 8.54 Å². The Balaban J connectivity index is 3.76. The van der Waals surface area contributed by atoms with E-state index in [9.17, 15) is 0 Å².